The molecule has 9 heteroatoms. The molecular weight excluding hydrogens is 398 g/mol. The maximum atomic E-state index is 8.06. The normalized spacial score (nSPS) is 6.86. The van der Waals surface area contributed by atoms with Gasteiger partial charge in [-0.05, 0) is 55.4 Å². The van der Waals surface area contributed by atoms with Crippen molar-refractivity contribution in [1.29, 1.82) is 0 Å². The Morgan fingerprint density at radius 1 is 0.381 bits per heavy atom. The first-order valence-electron chi connectivity index (χ1n) is 5.65. The molecule has 0 unspecified atom stereocenters. The Bertz CT molecular complexity index is 76.2. The van der Waals surface area contributed by atoms with Crippen LogP contribution in [0.3, 0.4) is 0 Å². The average molecular weight is 434 g/mol. The number of hydrogen-bond donors (Lipinski definition) is 4. The summed E-state index contributed by atoms with van der Waals surface area (Å²) in [5.74, 6) is 0. The Balaban J connectivity index is -0.0000000121. The van der Waals surface area contributed by atoms with Crippen LogP contribution in [-0.4, -0.2) is 44.8 Å². The van der Waals surface area contributed by atoms with Gasteiger partial charge < -0.3 is 20.4 Å². The van der Waals surface area contributed by atoms with Crippen molar-refractivity contribution in [1.82, 2.24) is 0 Å². The number of aliphatic hydroxyl groups excluding tert-OH is 4. The predicted molar refractivity (Wildman–Crippen MR) is 98.4 cm³/mol. The summed E-state index contributed by atoms with van der Waals surface area (Å²) in [6, 6.07) is 0. The largest absolute Gasteiger partial charge is 0.394 e. The minimum absolute atomic E-state index is 0. The van der Waals surface area contributed by atoms with Crippen LogP contribution < -0.4 is 0 Å². The van der Waals surface area contributed by atoms with E-state index < -0.39 is 0 Å². The first kappa shape index (κ1) is 56.9. The van der Waals surface area contributed by atoms with Gasteiger partial charge in [0, 0.05) is 46.1 Å². The molecule has 0 aliphatic heterocycles. The summed E-state index contributed by atoms with van der Waals surface area (Å²) in [6.45, 7) is 13.8. The van der Waals surface area contributed by atoms with E-state index in [9.17, 15) is 0 Å². The first-order valence-corrected chi connectivity index (χ1v) is 5.65. The summed E-state index contributed by atoms with van der Waals surface area (Å²) >= 11 is 0. The molecule has 0 rings (SSSR count). The Hall–Kier alpha value is 1.71. The van der Waals surface area contributed by atoms with Crippen LogP contribution >= 0.6 is 49.6 Å². The molecule has 0 saturated carbocycles. The Morgan fingerprint density at radius 2 is 0.381 bits per heavy atom. The quantitative estimate of drug-likeness (QED) is 0.442. The van der Waals surface area contributed by atoms with Gasteiger partial charge in [-0.15, -0.1) is 49.6 Å². The van der Waals surface area contributed by atoms with E-state index in [1.54, 1.807) is 55.4 Å². The standard InChI is InChI=1S/4C3H8O.4ClH.Ti/c4*1-3(2)4;;;;;/h4*3-4H,1-2H3;4*1H;. The number of rotatable bonds is 0. The monoisotopic (exact) mass is 432 g/mol. The van der Waals surface area contributed by atoms with Crippen molar-refractivity contribution in [3.05, 3.63) is 0 Å². The Labute approximate surface area is 171 Å². The van der Waals surface area contributed by atoms with Gasteiger partial charge in [-0.3, -0.25) is 0 Å². The van der Waals surface area contributed by atoms with Crippen LogP contribution in [0.4, 0.5) is 0 Å². The zero-order valence-corrected chi connectivity index (χ0v) is 19.1. The summed E-state index contributed by atoms with van der Waals surface area (Å²) in [5.41, 5.74) is 0. The molecule has 0 aromatic heterocycles. The van der Waals surface area contributed by atoms with Crippen molar-refractivity contribution in [3.63, 3.8) is 0 Å². The molecule has 0 atom stereocenters. The van der Waals surface area contributed by atoms with Crippen molar-refractivity contribution < 1.29 is 42.1 Å². The second kappa shape index (κ2) is 49.5. The van der Waals surface area contributed by atoms with Crippen LogP contribution in [0.2, 0.25) is 0 Å². The molecule has 4 N–H and O–H groups in total. The van der Waals surface area contributed by atoms with E-state index in [0.29, 0.717) is 0 Å². The molecule has 0 aromatic rings. The summed E-state index contributed by atoms with van der Waals surface area (Å²) in [4.78, 5) is 0. The number of aliphatic hydroxyl groups is 4. The summed E-state index contributed by atoms with van der Waals surface area (Å²) < 4.78 is 0. The molecule has 0 aliphatic carbocycles. The topological polar surface area (TPSA) is 80.9 Å². The minimum Gasteiger partial charge on any atom is -0.394 e. The van der Waals surface area contributed by atoms with E-state index in [2.05, 4.69) is 0 Å². The molecule has 0 spiro atoms. The molecule has 0 aromatic carbocycles. The third-order valence-corrected chi connectivity index (χ3v) is 0. The van der Waals surface area contributed by atoms with E-state index >= 15 is 0 Å². The van der Waals surface area contributed by atoms with Crippen LogP contribution in [0.5, 0.6) is 0 Å². The van der Waals surface area contributed by atoms with Gasteiger partial charge in [0.2, 0.25) is 0 Å². The number of halogens is 4. The van der Waals surface area contributed by atoms with E-state index in [4.69, 9.17) is 20.4 Å². The summed E-state index contributed by atoms with van der Waals surface area (Å²) in [7, 11) is 0. The fourth-order valence-electron chi connectivity index (χ4n) is 0. The van der Waals surface area contributed by atoms with Gasteiger partial charge in [-0.25, -0.2) is 0 Å². The van der Waals surface area contributed by atoms with E-state index in [0.717, 1.165) is 0 Å². The van der Waals surface area contributed by atoms with Crippen LogP contribution in [-0.2, 0) is 21.7 Å². The van der Waals surface area contributed by atoms with Gasteiger partial charge in [0.15, 0.2) is 0 Å². The van der Waals surface area contributed by atoms with Crippen LogP contribution in [0.15, 0.2) is 0 Å². The van der Waals surface area contributed by atoms with Crippen molar-refractivity contribution in [2.75, 3.05) is 0 Å². The minimum atomic E-state index is -0.167. The number of hydrogen-bond acceptors (Lipinski definition) is 4. The fraction of sp³-hybridized carbons (Fsp3) is 1.00. The summed E-state index contributed by atoms with van der Waals surface area (Å²) in [6.07, 6.45) is -0.667. The molecule has 0 aliphatic rings. The zero-order valence-electron chi connectivity index (χ0n) is 14.2. The zero-order chi connectivity index (χ0) is 14.3. The smallest absolute Gasteiger partial charge is 0.0483 e. The molecule has 0 radical (unpaired) electrons. The Morgan fingerprint density at radius 3 is 0.381 bits per heavy atom. The molecule has 0 heterocycles. The second-order valence-corrected chi connectivity index (χ2v) is 4.37. The van der Waals surface area contributed by atoms with Gasteiger partial charge in [0.05, 0.1) is 0 Å². The maximum absolute atomic E-state index is 8.06. The van der Waals surface area contributed by atoms with Gasteiger partial charge in [-0.2, -0.15) is 0 Å². The van der Waals surface area contributed by atoms with E-state index in [1.165, 1.54) is 0 Å². The van der Waals surface area contributed by atoms with Crippen molar-refractivity contribution in [2.45, 2.75) is 79.8 Å². The fourth-order valence-corrected chi connectivity index (χ4v) is 0. The van der Waals surface area contributed by atoms with Gasteiger partial charge in [-0.1, -0.05) is 0 Å². The summed E-state index contributed by atoms with van der Waals surface area (Å²) in [5, 5.41) is 32.2. The molecule has 0 amide bonds. The maximum Gasteiger partial charge on any atom is 0.0483 e. The molecule has 0 fully saturated rings. The van der Waals surface area contributed by atoms with E-state index in [-0.39, 0.29) is 95.8 Å². The van der Waals surface area contributed by atoms with Crippen molar-refractivity contribution >= 4 is 49.6 Å². The van der Waals surface area contributed by atoms with Crippen molar-refractivity contribution in [2.24, 2.45) is 0 Å². The predicted octanol–water partition coefficient (Wildman–Crippen LogP) is 3.23. The average Bonchev–Trinajstić information content (AvgIpc) is 1.76. The SMILES string of the molecule is CC(C)O.CC(C)O.CC(C)O.CC(C)O.Cl.Cl.Cl.Cl.[Ti]. The van der Waals surface area contributed by atoms with Crippen LogP contribution in [0.1, 0.15) is 55.4 Å². The second-order valence-electron chi connectivity index (χ2n) is 4.37. The van der Waals surface area contributed by atoms with Gasteiger partial charge >= 0.3 is 0 Å². The molecule has 0 bridgehead atoms. The molecule has 0 saturated heterocycles. The molecule has 4 nitrogen and oxygen atoms in total. The molecule has 140 valence electrons. The van der Waals surface area contributed by atoms with Crippen LogP contribution in [0.25, 0.3) is 0 Å². The van der Waals surface area contributed by atoms with E-state index in [1.807, 2.05) is 0 Å². The third kappa shape index (κ3) is 2870. The first-order chi connectivity index (χ1) is 6.93. The van der Waals surface area contributed by atoms with Gasteiger partial charge in [0.25, 0.3) is 0 Å². The Kier molecular flexibility index (Phi) is 134. The molecule has 21 heavy (non-hydrogen) atoms. The third-order valence-electron chi connectivity index (χ3n) is 0. The van der Waals surface area contributed by atoms with Crippen LogP contribution in [0, 0.1) is 0 Å². The molecular formula is C12H36Cl4O4Ti. The van der Waals surface area contributed by atoms with Gasteiger partial charge in [0.1, 0.15) is 0 Å². The van der Waals surface area contributed by atoms with Crippen molar-refractivity contribution in [3.8, 4) is 0 Å².